The number of carboxylic acid groups (broad SMARTS) is 1. The number of piperidine rings is 1. The van der Waals surface area contributed by atoms with Crippen molar-refractivity contribution in [1.29, 1.82) is 0 Å². The van der Waals surface area contributed by atoms with E-state index in [2.05, 4.69) is 10.6 Å². The Hall–Kier alpha value is -4.51. The maximum atomic E-state index is 15.4. The minimum atomic E-state index is -4.38. The van der Waals surface area contributed by atoms with E-state index in [0.29, 0.717) is 17.3 Å². The Kier molecular flexibility index (Phi) is 9.29. The van der Waals surface area contributed by atoms with Gasteiger partial charge in [0.15, 0.2) is 5.82 Å². The maximum Gasteiger partial charge on any atom is 0.408 e. The molecular formula is C27H33FN6O9S. The molecule has 2 unspecified atom stereocenters. The topological polar surface area (TPSA) is 206 Å². The van der Waals surface area contributed by atoms with Gasteiger partial charge in [-0.2, -0.15) is 8.42 Å². The van der Waals surface area contributed by atoms with Crippen molar-refractivity contribution in [2.45, 2.75) is 58.2 Å². The molecule has 3 atom stereocenters. The molecule has 2 fully saturated rings. The Morgan fingerprint density at radius 3 is 2.45 bits per heavy atom. The number of anilines is 2. The van der Waals surface area contributed by atoms with Crippen LogP contribution in [0.4, 0.5) is 20.6 Å². The Balaban J connectivity index is 1.51. The SMILES string of the molecule is CCCN(CC(=O)Nc1ccc2c(F)c(N3CC(=O)NS3(=O)=O)c(O)cc2c1)[C@@H](C)C(C)N(C(=O)O)C1CCC(=O)NC1=O. The summed E-state index contributed by atoms with van der Waals surface area (Å²) in [5.41, 5.74) is -0.439. The normalized spacial score (nSPS) is 19.4. The number of nitrogens with one attached hydrogen (secondary N) is 3. The molecule has 0 aromatic heterocycles. The van der Waals surface area contributed by atoms with Crippen LogP contribution in [0.15, 0.2) is 24.3 Å². The number of rotatable bonds is 10. The van der Waals surface area contributed by atoms with E-state index in [-0.39, 0.29) is 35.8 Å². The van der Waals surface area contributed by atoms with Crippen LogP contribution < -0.4 is 19.7 Å². The zero-order valence-electron chi connectivity index (χ0n) is 24.2. The van der Waals surface area contributed by atoms with Gasteiger partial charge in [0.2, 0.25) is 17.7 Å². The number of hydrogen-bond acceptors (Lipinski definition) is 9. The van der Waals surface area contributed by atoms with E-state index < -0.39 is 81.9 Å². The fourth-order valence-electron chi connectivity index (χ4n) is 5.47. The molecule has 2 aromatic carbocycles. The number of benzene rings is 2. The number of aromatic hydroxyl groups is 1. The lowest BCUT2D eigenvalue weighted by Gasteiger charge is -2.41. The molecule has 5 amide bonds. The van der Waals surface area contributed by atoms with Crippen LogP contribution in [0.2, 0.25) is 0 Å². The summed E-state index contributed by atoms with van der Waals surface area (Å²) in [4.78, 5) is 63.6. The lowest BCUT2D eigenvalue weighted by Crippen LogP contribution is -2.61. The summed E-state index contributed by atoms with van der Waals surface area (Å²) in [7, 11) is -4.38. The zero-order chi connectivity index (χ0) is 32.5. The van der Waals surface area contributed by atoms with Crippen LogP contribution in [0, 0.1) is 5.82 Å². The summed E-state index contributed by atoms with van der Waals surface area (Å²) in [6, 6.07) is 2.86. The Morgan fingerprint density at radius 2 is 1.86 bits per heavy atom. The van der Waals surface area contributed by atoms with Crippen LogP contribution >= 0.6 is 0 Å². The highest BCUT2D eigenvalue weighted by molar-refractivity contribution is 7.92. The van der Waals surface area contributed by atoms with Crippen molar-refractivity contribution in [2.75, 3.05) is 29.3 Å². The molecule has 4 rings (SSSR count). The molecule has 0 radical (unpaired) electrons. The first kappa shape index (κ1) is 32.4. The van der Waals surface area contributed by atoms with Crippen LogP contribution in [-0.4, -0.2) is 95.9 Å². The van der Waals surface area contributed by atoms with Gasteiger partial charge >= 0.3 is 16.3 Å². The summed E-state index contributed by atoms with van der Waals surface area (Å²) in [6.45, 7) is 4.80. The van der Waals surface area contributed by atoms with Crippen LogP contribution in [0.5, 0.6) is 5.75 Å². The van der Waals surface area contributed by atoms with Crippen molar-refractivity contribution >= 4 is 62.1 Å². The summed E-state index contributed by atoms with van der Waals surface area (Å²) >= 11 is 0. The molecule has 15 nitrogen and oxygen atoms in total. The van der Waals surface area contributed by atoms with E-state index in [1.54, 1.807) is 23.5 Å². The lowest BCUT2D eigenvalue weighted by atomic mass is 10.00. The molecule has 2 aliphatic heterocycles. The second-order valence-corrected chi connectivity index (χ2v) is 12.3. The molecule has 0 aliphatic carbocycles. The lowest BCUT2D eigenvalue weighted by molar-refractivity contribution is -0.138. The fourth-order valence-corrected chi connectivity index (χ4v) is 6.64. The number of phenols is 1. The number of nitrogens with zero attached hydrogens (tertiary/aromatic N) is 3. The van der Waals surface area contributed by atoms with Gasteiger partial charge in [0.1, 0.15) is 24.0 Å². The number of fused-ring (bicyclic) bond motifs is 1. The second kappa shape index (κ2) is 12.6. The molecule has 17 heteroatoms. The molecule has 238 valence electrons. The Labute approximate surface area is 252 Å². The van der Waals surface area contributed by atoms with Crippen molar-refractivity contribution < 1.29 is 47.0 Å². The molecule has 2 aromatic rings. The Bertz CT molecular complexity index is 1640. The van der Waals surface area contributed by atoms with E-state index in [0.717, 1.165) is 11.0 Å². The van der Waals surface area contributed by atoms with Crippen molar-refractivity contribution in [3.63, 3.8) is 0 Å². The Morgan fingerprint density at radius 1 is 1.16 bits per heavy atom. The quantitative estimate of drug-likeness (QED) is 0.235. The second-order valence-electron chi connectivity index (χ2n) is 10.7. The van der Waals surface area contributed by atoms with Gasteiger partial charge in [0.25, 0.3) is 5.91 Å². The number of carbonyl (C=O) groups excluding carboxylic acids is 4. The van der Waals surface area contributed by atoms with Crippen LogP contribution in [0.25, 0.3) is 10.8 Å². The average molecular weight is 637 g/mol. The minimum absolute atomic E-state index is 0.00531. The molecule has 0 bridgehead atoms. The van der Waals surface area contributed by atoms with Crippen molar-refractivity contribution in [3.8, 4) is 5.75 Å². The molecule has 2 aliphatic rings. The van der Waals surface area contributed by atoms with Gasteiger partial charge < -0.3 is 15.5 Å². The van der Waals surface area contributed by atoms with Crippen LogP contribution in [-0.2, 0) is 29.4 Å². The number of carbonyl (C=O) groups is 5. The van der Waals surface area contributed by atoms with E-state index in [4.69, 9.17) is 0 Å². The summed E-state index contributed by atoms with van der Waals surface area (Å²) in [5, 5.41) is 25.3. The standard InChI is InChI=1S/C27H33FN6O9S/c1-4-9-32(14(2)15(3)34(27(40)41)19-7-8-21(36)30-26(19)39)12-22(37)29-17-5-6-18-16(10-17)11-20(35)25(24(18)28)33-13-23(38)31-44(33,42)43/h5-6,10-11,14-15,19,35H,4,7-9,12-13H2,1-3H3,(H,29,37)(H,31,38)(H,40,41)(H,30,36,39)/t14-,15?,19?/m0/s1. The van der Waals surface area contributed by atoms with Gasteiger partial charge in [-0.3, -0.25) is 34.3 Å². The van der Waals surface area contributed by atoms with Gasteiger partial charge in [-0.15, -0.1) is 0 Å². The first-order chi connectivity index (χ1) is 20.6. The van der Waals surface area contributed by atoms with E-state index in [1.807, 2.05) is 6.92 Å². The highest BCUT2D eigenvalue weighted by Crippen LogP contribution is 2.39. The molecule has 0 saturated carbocycles. The van der Waals surface area contributed by atoms with Gasteiger partial charge in [-0.05, 0) is 62.9 Å². The van der Waals surface area contributed by atoms with Gasteiger partial charge in [-0.1, -0.05) is 6.92 Å². The minimum Gasteiger partial charge on any atom is -0.506 e. The van der Waals surface area contributed by atoms with Gasteiger partial charge in [0, 0.05) is 29.6 Å². The fraction of sp³-hybridized carbons (Fsp3) is 0.444. The maximum absolute atomic E-state index is 15.4. The highest BCUT2D eigenvalue weighted by Gasteiger charge is 2.40. The molecule has 0 spiro atoms. The zero-order valence-corrected chi connectivity index (χ0v) is 25.0. The summed E-state index contributed by atoms with van der Waals surface area (Å²) < 4.78 is 41.9. The molecule has 2 saturated heterocycles. The monoisotopic (exact) mass is 636 g/mol. The number of imide groups is 1. The predicted octanol–water partition coefficient (Wildman–Crippen LogP) is 1.08. The van der Waals surface area contributed by atoms with Gasteiger partial charge in [0.05, 0.1) is 6.54 Å². The van der Waals surface area contributed by atoms with Crippen LogP contribution in [0.3, 0.4) is 0 Å². The number of phenolic OH excluding ortho intramolecular Hbond substituents is 1. The number of halogens is 1. The smallest absolute Gasteiger partial charge is 0.408 e. The van der Waals surface area contributed by atoms with Crippen LogP contribution in [0.1, 0.15) is 40.0 Å². The van der Waals surface area contributed by atoms with Gasteiger partial charge in [-0.25, -0.2) is 18.2 Å². The molecule has 5 N–H and O–H groups in total. The van der Waals surface area contributed by atoms with Crippen molar-refractivity contribution in [3.05, 3.63) is 30.1 Å². The first-order valence-corrected chi connectivity index (χ1v) is 15.3. The highest BCUT2D eigenvalue weighted by atomic mass is 32.2. The van der Waals surface area contributed by atoms with Crippen molar-refractivity contribution in [2.24, 2.45) is 0 Å². The number of hydrogen-bond donors (Lipinski definition) is 5. The van der Waals surface area contributed by atoms with E-state index >= 15 is 4.39 Å². The third-order valence-electron chi connectivity index (χ3n) is 7.72. The number of amides is 5. The molecule has 2 heterocycles. The van der Waals surface area contributed by atoms with E-state index in [9.17, 15) is 42.6 Å². The largest absolute Gasteiger partial charge is 0.506 e. The summed E-state index contributed by atoms with van der Waals surface area (Å²) in [6.07, 6.45) is -0.656. The van der Waals surface area contributed by atoms with E-state index in [1.165, 1.54) is 18.2 Å². The molecule has 44 heavy (non-hydrogen) atoms. The third kappa shape index (κ3) is 6.52. The summed E-state index contributed by atoms with van der Waals surface area (Å²) in [5.74, 6) is -4.32. The first-order valence-electron chi connectivity index (χ1n) is 13.8. The third-order valence-corrected chi connectivity index (χ3v) is 9.10. The average Bonchev–Trinajstić information content (AvgIpc) is 3.20. The molecular weight excluding hydrogens is 603 g/mol. The predicted molar refractivity (Wildman–Crippen MR) is 155 cm³/mol. The van der Waals surface area contributed by atoms with Crippen molar-refractivity contribution in [1.82, 2.24) is 19.8 Å².